The first-order chi connectivity index (χ1) is 10.9. The summed E-state index contributed by atoms with van der Waals surface area (Å²) in [5.74, 6) is 0.577. The lowest BCUT2D eigenvalue weighted by molar-refractivity contribution is -0.130. The van der Waals surface area contributed by atoms with Gasteiger partial charge in [-0.3, -0.25) is 9.59 Å². The van der Waals surface area contributed by atoms with Crippen LogP contribution in [0.4, 0.5) is 0 Å². The molecule has 1 aromatic rings. The highest BCUT2D eigenvalue weighted by molar-refractivity contribution is 5.90. The molecule has 23 heavy (non-hydrogen) atoms. The molecule has 126 valence electrons. The second kappa shape index (κ2) is 7.35. The quantitative estimate of drug-likeness (QED) is 0.861. The molecule has 0 bridgehead atoms. The number of fused-ring (bicyclic) bond motifs is 1. The van der Waals surface area contributed by atoms with Crippen LogP contribution < -0.4 is 20.1 Å². The van der Waals surface area contributed by atoms with Crippen LogP contribution in [0, 0.1) is 5.92 Å². The maximum atomic E-state index is 12.5. The van der Waals surface area contributed by atoms with E-state index in [1.807, 2.05) is 39.0 Å². The lowest BCUT2D eigenvalue weighted by atomic mass is 9.97. The Kier molecular flexibility index (Phi) is 5.47. The van der Waals surface area contributed by atoms with Gasteiger partial charge >= 0.3 is 0 Å². The average molecular weight is 320 g/mol. The van der Waals surface area contributed by atoms with E-state index in [1.54, 1.807) is 7.05 Å². The van der Waals surface area contributed by atoms with E-state index in [4.69, 9.17) is 9.47 Å². The Labute approximate surface area is 136 Å². The van der Waals surface area contributed by atoms with Crippen molar-refractivity contribution in [2.75, 3.05) is 20.3 Å². The van der Waals surface area contributed by atoms with Crippen molar-refractivity contribution in [2.45, 2.75) is 32.7 Å². The van der Waals surface area contributed by atoms with E-state index in [0.717, 1.165) is 5.56 Å². The van der Waals surface area contributed by atoms with Gasteiger partial charge in [0.2, 0.25) is 11.8 Å². The van der Waals surface area contributed by atoms with Gasteiger partial charge in [0.1, 0.15) is 19.3 Å². The van der Waals surface area contributed by atoms with Gasteiger partial charge in [0.05, 0.1) is 5.92 Å². The molecular weight excluding hydrogens is 296 g/mol. The van der Waals surface area contributed by atoms with Crippen LogP contribution in [0.25, 0.3) is 0 Å². The predicted octanol–water partition coefficient (Wildman–Crippen LogP) is 1.45. The average Bonchev–Trinajstić information content (AvgIpc) is 2.57. The second-order valence-corrected chi connectivity index (χ2v) is 5.97. The molecule has 0 spiro atoms. The minimum Gasteiger partial charge on any atom is -0.486 e. The van der Waals surface area contributed by atoms with Gasteiger partial charge in [0.15, 0.2) is 11.5 Å². The van der Waals surface area contributed by atoms with Crippen LogP contribution >= 0.6 is 0 Å². The van der Waals surface area contributed by atoms with E-state index in [0.29, 0.717) is 24.7 Å². The van der Waals surface area contributed by atoms with Crippen molar-refractivity contribution in [3.63, 3.8) is 0 Å². The zero-order chi connectivity index (χ0) is 17.0. The number of ether oxygens (including phenoxy) is 2. The van der Waals surface area contributed by atoms with E-state index >= 15 is 0 Å². The Bertz CT molecular complexity index is 586. The van der Waals surface area contributed by atoms with E-state index < -0.39 is 12.0 Å². The molecule has 0 aromatic heterocycles. The molecule has 0 saturated carbocycles. The molecule has 1 heterocycles. The van der Waals surface area contributed by atoms with Crippen LogP contribution in [0.15, 0.2) is 18.2 Å². The number of likely N-dealkylation sites (N-methyl/N-ethyl adjacent to an activating group) is 1. The fourth-order valence-electron chi connectivity index (χ4n) is 2.45. The van der Waals surface area contributed by atoms with Gasteiger partial charge in [-0.15, -0.1) is 0 Å². The molecular formula is C17H24N2O4. The molecule has 0 unspecified atom stereocenters. The molecule has 1 aliphatic heterocycles. The number of carbonyl (C=O) groups is 2. The standard InChI is InChI=1S/C17H24N2O4/c1-10(2)15(17(21)18-4)19-16(20)11(3)12-5-6-13-14(9-12)23-8-7-22-13/h5-6,9-11,15H,7-8H2,1-4H3,(H,18,21)(H,19,20)/t11-,15+/m0/s1. The second-order valence-electron chi connectivity index (χ2n) is 5.97. The Morgan fingerprint density at radius 2 is 1.70 bits per heavy atom. The van der Waals surface area contributed by atoms with Crippen LogP contribution in [0.3, 0.4) is 0 Å². The summed E-state index contributed by atoms with van der Waals surface area (Å²) in [4.78, 5) is 24.4. The monoisotopic (exact) mass is 320 g/mol. The number of hydrogen-bond acceptors (Lipinski definition) is 4. The van der Waals surface area contributed by atoms with Gasteiger partial charge in [0.25, 0.3) is 0 Å². The molecule has 1 aromatic carbocycles. The highest BCUT2D eigenvalue weighted by Gasteiger charge is 2.26. The third-order valence-electron chi connectivity index (χ3n) is 3.95. The molecule has 0 saturated heterocycles. The molecule has 6 heteroatoms. The van der Waals surface area contributed by atoms with E-state index in [2.05, 4.69) is 10.6 Å². The lowest BCUT2D eigenvalue weighted by Gasteiger charge is -2.24. The van der Waals surface area contributed by atoms with Gasteiger partial charge in [0, 0.05) is 7.05 Å². The first-order valence-electron chi connectivity index (χ1n) is 7.85. The smallest absolute Gasteiger partial charge is 0.242 e. The molecule has 2 amide bonds. The first-order valence-corrected chi connectivity index (χ1v) is 7.85. The Morgan fingerprint density at radius 1 is 1.04 bits per heavy atom. The lowest BCUT2D eigenvalue weighted by Crippen LogP contribution is -2.49. The zero-order valence-electron chi connectivity index (χ0n) is 14.0. The van der Waals surface area contributed by atoms with E-state index in [1.165, 1.54) is 0 Å². The normalized spacial score (nSPS) is 15.7. The van der Waals surface area contributed by atoms with Crippen molar-refractivity contribution in [2.24, 2.45) is 5.92 Å². The van der Waals surface area contributed by atoms with E-state index in [9.17, 15) is 9.59 Å². The number of amides is 2. The van der Waals surface area contributed by atoms with Gasteiger partial charge < -0.3 is 20.1 Å². The highest BCUT2D eigenvalue weighted by atomic mass is 16.6. The summed E-state index contributed by atoms with van der Waals surface area (Å²) in [6.45, 7) is 6.64. The van der Waals surface area contributed by atoms with Crippen molar-refractivity contribution in [3.05, 3.63) is 23.8 Å². The van der Waals surface area contributed by atoms with Crippen molar-refractivity contribution >= 4 is 11.8 Å². The van der Waals surface area contributed by atoms with Crippen molar-refractivity contribution < 1.29 is 19.1 Å². The molecule has 2 atom stereocenters. The number of rotatable bonds is 5. The number of hydrogen-bond donors (Lipinski definition) is 2. The third-order valence-corrected chi connectivity index (χ3v) is 3.95. The molecule has 6 nitrogen and oxygen atoms in total. The zero-order valence-corrected chi connectivity index (χ0v) is 14.0. The van der Waals surface area contributed by atoms with E-state index in [-0.39, 0.29) is 17.7 Å². The Morgan fingerprint density at radius 3 is 2.30 bits per heavy atom. The van der Waals surface area contributed by atoms with Crippen LogP contribution in [0.5, 0.6) is 11.5 Å². The third kappa shape index (κ3) is 3.94. The maximum Gasteiger partial charge on any atom is 0.242 e. The van der Waals surface area contributed by atoms with Gasteiger partial charge in [-0.1, -0.05) is 19.9 Å². The van der Waals surface area contributed by atoms with Gasteiger partial charge in [-0.05, 0) is 30.5 Å². The minimum absolute atomic E-state index is 0.00589. The summed E-state index contributed by atoms with van der Waals surface area (Å²) in [6, 6.07) is 4.93. The number of carbonyl (C=O) groups excluding carboxylic acids is 2. The molecule has 2 rings (SSSR count). The fraction of sp³-hybridized carbons (Fsp3) is 0.529. The van der Waals surface area contributed by atoms with Gasteiger partial charge in [-0.2, -0.15) is 0 Å². The Hall–Kier alpha value is -2.24. The topological polar surface area (TPSA) is 76.7 Å². The van der Waals surface area contributed by atoms with Crippen molar-refractivity contribution in [3.8, 4) is 11.5 Å². The molecule has 2 N–H and O–H groups in total. The molecule has 0 radical (unpaired) electrons. The SMILES string of the molecule is CNC(=O)[C@H](NC(=O)[C@@H](C)c1ccc2c(c1)OCCO2)C(C)C. The summed E-state index contributed by atoms with van der Waals surface area (Å²) >= 11 is 0. The van der Waals surface area contributed by atoms with Crippen LogP contribution in [-0.4, -0.2) is 38.1 Å². The van der Waals surface area contributed by atoms with Crippen molar-refractivity contribution in [1.82, 2.24) is 10.6 Å². The minimum atomic E-state index is -0.549. The fourth-order valence-corrected chi connectivity index (χ4v) is 2.45. The number of benzene rings is 1. The maximum absolute atomic E-state index is 12.5. The van der Waals surface area contributed by atoms with Crippen LogP contribution in [0.2, 0.25) is 0 Å². The molecule has 0 aliphatic carbocycles. The summed E-state index contributed by atoms with van der Waals surface area (Å²) in [7, 11) is 1.56. The molecule has 1 aliphatic rings. The van der Waals surface area contributed by atoms with Crippen molar-refractivity contribution in [1.29, 1.82) is 0 Å². The summed E-state index contributed by atoms with van der Waals surface area (Å²) in [5.41, 5.74) is 0.825. The highest BCUT2D eigenvalue weighted by Crippen LogP contribution is 2.33. The summed E-state index contributed by atoms with van der Waals surface area (Å²) in [5, 5.41) is 5.40. The van der Waals surface area contributed by atoms with Crippen LogP contribution in [-0.2, 0) is 9.59 Å². The number of nitrogens with one attached hydrogen (secondary N) is 2. The summed E-state index contributed by atoms with van der Waals surface area (Å²) < 4.78 is 11.0. The largest absolute Gasteiger partial charge is 0.486 e. The Balaban J connectivity index is 2.11. The van der Waals surface area contributed by atoms with Crippen LogP contribution in [0.1, 0.15) is 32.3 Å². The van der Waals surface area contributed by atoms with Gasteiger partial charge in [-0.25, -0.2) is 0 Å². The predicted molar refractivity (Wildman–Crippen MR) is 86.7 cm³/mol. The summed E-state index contributed by atoms with van der Waals surface area (Å²) in [6.07, 6.45) is 0. The molecule has 0 fully saturated rings. The first kappa shape index (κ1) is 17.1.